The minimum Gasteiger partial charge on any atom is -0.466 e. The monoisotopic (exact) mass is 264 g/mol. The van der Waals surface area contributed by atoms with Gasteiger partial charge in [-0.1, -0.05) is 12.1 Å². The van der Waals surface area contributed by atoms with E-state index in [1.807, 2.05) is 0 Å². The van der Waals surface area contributed by atoms with E-state index in [0.29, 0.717) is 0 Å². The van der Waals surface area contributed by atoms with Gasteiger partial charge in [0.15, 0.2) is 0 Å². The predicted octanol–water partition coefficient (Wildman–Crippen LogP) is 3.42. The molecule has 0 N–H and O–H groups in total. The van der Waals surface area contributed by atoms with Crippen LogP contribution in [0.1, 0.15) is 24.8 Å². The largest absolute Gasteiger partial charge is 0.466 e. The van der Waals surface area contributed by atoms with E-state index in [4.69, 9.17) is 0 Å². The zero-order chi connectivity index (χ0) is 13.8. The lowest BCUT2D eigenvalue weighted by Gasteiger charge is -2.17. The summed E-state index contributed by atoms with van der Waals surface area (Å²) in [6.45, 7) is 1.50. The number of carbonyl (C=O) groups excluding carboxylic acids is 1. The molecule has 1 rings (SSSR count). The van der Waals surface area contributed by atoms with Crippen LogP contribution < -0.4 is 0 Å². The Labute approximate surface area is 102 Å². The van der Waals surface area contributed by atoms with Crippen LogP contribution >= 0.6 is 0 Å². The molecule has 0 aliphatic heterocycles. The fraction of sp³-hybridized carbons (Fsp3) is 0.417. The van der Waals surface area contributed by atoms with Crippen molar-refractivity contribution in [1.82, 2.24) is 0 Å². The van der Waals surface area contributed by atoms with Gasteiger partial charge in [-0.15, -0.1) is 0 Å². The quantitative estimate of drug-likeness (QED) is 0.615. The molecule has 100 valence electrons. The molecule has 0 radical (unpaired) electrons. The second-order valence-corrected chi connectivity index (χ2v) is 3.68. The topological polar surface area (TPSA) is 26.3 Å². The van der Waals surface area contributed by atoms with Gasteiger partial charge in [0.2, 0.25) is 0 Å². The molecule has 0 saturated carbocycles. The molecule has 1 unspecified atom stereocenters. The SMILES string of the molecule is CCOC(=O)C(CC(F)(F)F)c1ccc(F)cc1. The second kappa shape index (κ2) is 5.84. The number of ether oxygens (including phenoxy) is 1. The smallest absolute Gasteiger partial charge is 0.390 e. The Kier molecular flexibility index (Phi) is 4.69. The first kappa shape index (κ1) is 14.5. The number of carbonyl (C=O) groups is 1. The van der Waals surface area contributed by atoms with Gasteiger partial charge in [-0.05, 0) is 24.6 Å². The van der Waals surface area contributed by atoms with Crippen molar-refractivity contribution in [2.24, 2.45) is 0 Å². The van der Waals surface area contributed by atoms with Gasteiger partial charge >= 0.3 is 12.1 Å². The molecule has 0 bridgehead atoms. The van der Waals surface area contributed by atoms with Gasteiger partial charge in [0.1, 0.15) is 5.82 Å². The van der Waals surface area contributed by atoms with E-state index in [9.17, 15) is 22.4 Å². The van der Waals surface area contributed by atoms with Crippen LogP contribution in [0.3, 0.4) is 0 Å². The highest BCUT2D eigenvalue weighted by Gasteiger charge is 2.37. The highest BCUT2D eigenvalue weighted by molar-refractivity contribution is 5.78. The van der Waals surface area contributed by atoms with Gasteiger partial charge in [0.05, 0.1) is 18.9 Å². The summed E-state index contributed by atoms with van der Waals surface area (Å²) in [5.41, 5.74) is 0.0900. The lowest BCUT2D eigenvalue weighted by molar-refractivity contribution is -0.161. The number of alkyl halides is 3. The van der Waals surface area contributed by atoms with Crippen molar-refractivity contribution in [2.45, 2.75) is 25.4 Å². The van der Waals surface area contributed by atoms with Gasteiger partial charge in [-0.2, -0.15) is 13.2 Å². The van der Waals surface area contributed by atoms with Crippen molar-refractivity contribution in [1.29, 1.82) is 0 Å². The molecular formula is C12H12F4O2. The molecule has 0 aliphatic carbocycles. The van der Waals surface area contributed by atoms with Crippen LogP contribution in [0.15, 0.2) is 24.3 Å². The average molecular weight is 264 g/mol. The molecule has 6 heteroatoms. The van der Waals surface area contributed by atoms with E-state index in [2.05, 4.69) is 4.74 Å². The third-order valence-corrected chi connectivity index (χ3v) is 2.28. The molecule has 0 heterocycles. The van der Waals surface area contributed by atoms with Crippen molar-refractivity contribution >= 4 is 5.97 Å². The number of esters is 1. The first-order chi connectivity index (χ1) is 8.33. The Morgan fingerprint density at radius 1 is 1.28 bits per heavy atom. The molecule has 0 aliphatic rings. The first-order valence-electron chi connectivity index (χ1n) is 5.32. The third kappa shape index (κ3) is 4.35. The Morgan fingerprint density at radius 3 is 2.28 bits per heavy atom. The van der Waals surface area contributed by atoms with Crippen molar-refractivity contribution in [3.63, 3.8) is 0 Å². The lowest BCUT2D eigenvalue weighted by atomic mass is 9.95. The molecule has 0 aromatic heterocycles. The molecule has 1 aromatic carbocycles. The van der Waals surface area contributed by atoms with Crippen LogP contribution in [0.2, 0.25) is 0 Å². The molecule has 18 heavy (non-hydrogen) atoms. The number of hydrogen-bond donors (Lipinski definition) is 0. The van der Waals surface area contributed by atoms with Crippen LogP contribution in [0.25, 0.3) is 0 Å². The standard InChI is InChI=1S/C12H12F4O2/c1-2-18-11(17)10(7-12(14,15)16)8-3-5-9(13)6-4-8/h3-6,10H,2,7H2,1H3. The zero-order valence-corrected chi connectivity index (χ0v) is 9.63. The zero-order valence-electron chi connectivity index (χ0n) is 9.63. The van der Waals surface area contributed by atoms with E-state index in [0.717, 1.165) is 24.3 Å². The van der Waals surface area contributed by atoms with Crippen LogP contribution in [0.5, 0.6) is 0 Å². The molecule has 0 amide bonds. The molecule has 1 aromatic rings. The summed E-state index contributed by atoms with van der Waals surface area (Å²) in [6.07, 6.45) is -5.82. The van der Waals surface area contributed by atoms with Crippen molar-refractivity contribution in [3.8, 4) is 0 Å². The van der Waals surface area contributed by atoms with Gasteiger partial charge < -0.3 is 4.74 Å². The van der Waals surface area contributed by atoms with Gasteiger partial charge in [-0.3, -0.25) is 4.79 Å². The highest BCUT2D eigenvalue weighted by Crippen LogP contribution is 2.32. The van der Waals surface area contributed by atoms with Gasteiger partial charge in [0.25, 0.3) is 0 Å². The molecule has 0 saturated heterocycles. The maximum absolute atomic E-state index is 12.7. The molecule has 0 spiro atoms. The molecule has 1 atom stereocenters. The summed E-state index contributed by atoms with van der Waals surface area (Å²) in [6, 6.07) is 4.33. The normalized spacial score (nSPS) is 13.2. The minimum atomic E-state index is -4.49. The first-order valence-corrected chi connectivity index (χ1v) is 5.32. The fourth-order valence-electron chi connectivity index (χ4n) is 1.51. The Bertz CT molecular complexity index is 398. The van der Waals surface area contributed by atoms with Crippen molar-refractivity contribution in [3.05, 3.63) is 35.6 Å². The average Bonchev–Trinajstić information content (AvgIpc) is 2.26. The van der Waals surface area contributed by atoms with Crippen molar-refractivity contribution < 1.29 is 27.1 Å². The highest BCUT2D eigenvalue weighted by atomic mass is 19.4. The maximum atomic E-state index is 12.7. The van der Waals surface area contributed by atoms with E-state index >= 15 is 0 Å². The molecular weight excluding hydrogens is 252 g/mol. The number of halogens is 4. The summed E-state index contributed by atoms with van der Waals surface area (Å²) in [5.74, 6) is -2.99. The van der Waals surface area contributed by atoms with E-state index in [1.165, 1.54) is 6.92 Å². The number of hydrogen-bond acceptors (Lipinski definition) is 2. The predicted molar refractivity (Wildman–Crippen MR) is 56.4 cm³/mol. The lowest BCUT2D eigenvalue weighted by Crippen LogP contribution is -2.22. The van der Waals surface area contributed by atoms with Gasteiger partial charge in [0, 0.05) is 0 Å². The Morgan fingerprint density at radius 2 is 1.83 bits per heavy atom. The summed E-state index contributed by atoms with van der Waals surface area (Å²) >= 11 is 0. The molecule has 2 nitrogen and oxygen atoms in total. The second-order valence-electron chi connectivity index (χ2n) is 3.68. The summed E-state index contributed by atoms with van der Waals surface area (Å²) in [4.78, 5) is 11.5. The van der Waals surface area contributed by atoms with E-state index in [1.54, 1.807) is 0 Å². The summed E-state index contributed by atoms with van der Waals surface area (Å²) < 4.78 is 54.5. The van der Waals surface area contributed by atoms with Crippen molar-refractivity contribution in [2.75, 3.05) is 6.61 Å². The van der Waals surface area contributed by atoms with Crippen LogP contribution in [-0.4, -0.2) is 18.8 Å². The fourth-order valence-corrected chi connectivity index (χ4v) is 1.51. The summed E-state index contributed by atoms with van der Waals surface area (Å²) in [5, 5.41) is 0. The Hall–Kier alpha value is -1.59. The molecule has 0 fully saturated rings. The van der Waals surface area contributed by atoms with E-state index in [-0.39, 0.29) is 12.2 Å². The number of benzene rings is 1. The Balaban J connectivity index is 2.96. The van der Waals surface area contributed by atoms with Gasteiger partial charge in [-0.25, -0.2) is 4.39 Å². The summed E-state index contributed by atoms with van der Waals surface area (Å²) in [7, 11) is 0. The minimum absolute atomic E-state index is 0.00557. The maximum Gasteiger partial charge on any atom is 0.390 e. The number of rotatable bonds is 4. The third-order valence-electron chi connectivity index (χ3n) is 2.28. The van der Waals surface area contributed by atoms with Crippen LogP contribution in [0.4, 0.5) is 17.6 Å². The van der Waals surface area contributed by atoms with E-state index < -0.39 is 30.3 Å². The van der Waals surface area contributed by atoms with Crippen LogP contribution in [0, 0.1) is 5.82 Å². The van der Waals surface area contributed by atoms with Crippen LogP contribution in [-0.2, 0) is 9.53 Å².